The maximum Gasteiger partial charge on any atom is 0.220 e. The van der Waals surface area contributed by atoms with Gasteiger partial charge in [0.05, 0.1) is 30.6 Å². The molecule has 0 spiro atoms. The lowest BCUT2D eigenvalue weighted by Gasteiger charge is -2.18. The molecular formula is C38H43ClN6O4. The Morgan fingerprint density at radius 2 is 1.24 bits per heavy atom. The number of hydrogen-bond donors (Lipinski definition) is 4. The van der Waals surface area contributed by atoms with Crippen LogP contribution in [0.15, 0.2) is 54.6 Å². The number of rotatable bonds is 13. The van der Waals surface area contributed by atoms with Gasteiger partial charge in [0.1, 0.15) is 0 Å². The lowest BCUT2D eigenvalue weighted by atomic mass is 9.91. The Kier molecular flexibility index (Phi) is 10.8. The van der Waals surface area contributed by atoms with Crippen molar-refractivity contribution in [1.29, 1.82) is 0 Å². The highest BCUT2D eigenvalue weighted by Gasteiger charge is 2.22. The van der Waals surface area contributed by atoms with E-state index in [2.05, 4.69) is 47.2 Å². The summed E-state index contributed by atoms with van der Waals surface area (Å²) in [7, 11) is 3.25. The van der Waals surface area contributed by atoms with Gasteiger partial charge in [-0.05, 0) is 61.6 Å². The summed E-state index contributed by atoms with van der Waals surface area (Å²) >= 11 is 7.18. The molecule has 10 nitrogen and oxygen atoms in total. The van der Waals surface area contributed by atoms with Crippen molar-refractivity contribution in [2.75, 3.05) is 27.3 Å². The van der Waals surface area contributed by atoms with Crippen LogP contribution in [0.1, 0.15) is 47.9 Å². The average molecular weight is 683 g/mol. The molecule has 0 radical (unpaired) electrons. The first kappa shape index (κ1) is 34.4. The molecule has 0 bridgehead atoms. The van der Waals surface area contributed by atoms with Crippen molar-refractivity contribution in [3.63, 3.8) is 0 Å². The summed E-state index contributed by atoms with van der Waals surface area (Å²) in [4.78, 5) is 32.8. The highest BCUT2D eigenvalue weighted by molar-refractivity contribution is 6.36. The van der Waals surface area contributed by atoms with Crippen LogP contribution in [0.4, 0.5) is 0 Å². The number of carbonyl (C=O) groups excluding carboxylic acids is 2. The summed E-state index contributed by atoms with van der Waals surface area (Å²) in [5, 5.41) is 13.4. The Hall–Kier alpha value is -4.51. The first-order valence-corrected chi connectivity index (χ1v) is 17.1. The minimum absolute atomic E-state index is 0.107. The van der Waals surface area contributed by atoms with Gasteiger partial charge in [0.25, 0.3) is 0 Å². The topological polar surface area (TPSA) is 126 Å². The van der Waals surface area contributed by atoms with Crippen molar-refractivity contribution in [3.05, 3.63) is 81.9 Å². The second kappa shape index (κ2) is 15.4. The summed E-state index contributed by atoms with van der Waals surface area (Å²) < 4.78 is 11.4. The smallest absolute Gasteiger partial charge is 0.220 e. The predicted octanol–water partition coefficient (Wildman–Crippen LogP) is 5.50. The zero-order chi connectivity index (χ0) is 34.5. The number of methoxy groups -OCH3 is 2. The van der Waals surface area contributed by atoms with Crippen molar-refractivity contribution in [2.45, 2.75) is 64.7 Å². The molecule has 2 saturated heterocycles. The average Bonchev–Trinajstić information content (AvgIpc) is 3.72. The fourth-order valence-electron chi connectivity index (χ4n) is 6.63. The van der Waals surface area contributed by atoms with Crippen LogP contribution in [0, 0.1) is 13.8 Å². The number of carbonyl (C=O) groups is 2. The van der Waals surface area contributed by atoms with E-state index in [0.29, 0.717) is 61.5 Å². The first-order chi connectivity index (χ1) is 23.7. The van der Waals surface area contributed by atoms with Gasteiger partial charge in [0.15, 0.2) is 0 Å². The molecule has 0 saturated carbocycles. The molecule has 2 aliphatic heterocycles. The van der Waals surface area contributed by atoms with Gasteiger partial charge in [0.2, 0.25) is 23.6 Å². The third-order valence-corrected chi connectivity index (χ3v) is 9.65. The van der Waals surface area contributed by atoms with Crippen molar-refractivity contribution in [3.8, 4) is 45.4 Å². The molecule has 0 aliphatic carbocycles. The highest BCUT2D eigenvalue weighted by Crippen LogP contribution is 2.41. The van der Waals surface area contributed by atoms with Crippen LogP contribution >= 0.6 is 11.6 Å². The van der Waals surface area contributed by atoms with Gasteiger partial charge in [-0.3, -0.25) is 9.59 Å². The Morgan fingerprint density at radius 3 is 1.76 bits per heavy atom. The molecule has 2 aromatic heterocycles. The molecule has 2 aromatic carbocycles. The van der Waals surface area contributed by atoms with E-state index in [1.54, 1.807) is 14.2 Å². The molecule has 2 aliphatic rings. The van der Waals surface area contributed by atoms with Crippen molar-refractivity contribution >= 4 is 23.4 Å². The molecule has 4 aromatic rings. The second-order valence-corrected chi connectivity index (χ2v) is 13.1. The maximum atomic E-state index is 11.5. The van der Waals surface area contributed by atoms with E-state index < -0.39 is 0 Å². The second-order valence-electron chi connectivity index (χ2n) is 12.7. The van der Waals surface area contributed by atoms with Crippen LogP contribution in [-0.4, -0.2) is 61.2 Å². The number of pyridine rings is 2. The molecule has 2 atom stereocenters. The van der Waals surface area contributed by atoms with Crippen LogP contribution in [0.5, 0.6) is 11.8 Å². The van der Waals surface area contributed by atoms with Crippen molar-refractivity contribution in [2.24, 2.45) is 0 Å². The van der Waals surface area contributed by atoms with Crippen LogP contribution in [0.2, 0.25) is 5.02 Å². The maximum absolute atomic E-state index is 11.5. The van der Waals surface area contributed by atoms with E-state index in [0.717, 1.165) is 63.0 Å². The number of hydrogen-bond acceptors (Lipinski definition) is 8. The number of nitrogens with zero attached hydrogens (tertiary/aromatic N) is 2. The van der Waals surface area contributed by atoms with Crippen molar-refractivity contribution in [1.82, 2.24) is 31.2 Å². The van der Waals surface area contributed by atoms with Crippen LogP contribution < -0.4 is 30.7 Å². The van der Waals surface area contributed by atoms with E-state index >= 15 is 0 Å². The normalized spacial score (nSPS) is 17.2. The largest absolute Gasteiger partial charge is 0.481 e. The van der Waals surface area contributed by atoms with Gasteiger partial charge in [0, 0.05) is 78.9 Å². The molecule has 11 heteroatoms. The fraction of sp³-hybridized carbons (Fsp3) is 0.368. The monoisotopic (exact) mass is 682 g/mol. The van der Waals surface area contributed by atoms with Gasteiger partial charge >= 0.3 is 0 Å². The van der Waals surface area contributed by atoms with E-state index in [4.69, 9.17) is 31.0 Å². The number of ether oxygens (including phenoxy) is 2. The number of halogens is 1. The zero-order valence-electron chi connectivity index (χ0n) is 28.4. The van der Waals surface area contributed by atoms with E-state index in [1.165, 1.54) is 0 Å². The standard InChI is InChI=1S/C38H43ClN6O4/c1-22-16-30(23(2)31(17-22)33-13-9-25(38(45-33)49-4)19-41-21-27-11-15-35(47)43-27)28-6-5-7-29(36(28)39)32-12-8-24(37(44-32)48-3)18-40-20-26-10-14-34(46)42-26/h5-9,12-13,16-17,26-27,40-41H,10-11,14-15,18-21H2,1-4H3,(H,42,46)(H,43,47)/t26-,27-/m0/s1. The molecule has 2 amide bonds. The molecule has 2 fully saturated rings. The van der Waals surface area contributed by atoms with E-state index in [1.807, 2.05) is 42.5 Å². The number of benzene rings is 2. The summed E-state index contributed by atoms with van der Waals surface area (Å²) in [5.41, 5.74) is 9.24. The quantitative estimate of drug-likeness (QED) is 0.146. The van der Waals surface area contributed by atoms with Crippen LogP contribution in [-0.2, 0) is 22.7 Å². The van der Waals surface area contributed by atoms with Gasteiger partial charge < -0.3 is 30.7 Å². The number of aryl methyl sites for hydroxylation is 1. The van der Waals surface area contributed by atoms with Crippen LogP contribution in [0.3, 0.4) is 0 Å². The minimum atomic E-state index is 0.107. The Labute approximate surface area is 292 Å². The Morgan fingerprint density at radius 1 is 0.735 bits per heavy atom. The molecule has 0 unspecified atom stereocenters. The molecule has 49 heavy (non-hydrogen) atoms. The van der Waals surface area contributed by atoms with Crippen molar-refractivity contribution < 1.29 is 19.1 Å². The summed E-state index contributed by atoms with van der Waals surface area (Å²) in [6.07, 6.45) is 2.86. The SMILES string of the molecule is COc1nc(-c2cc(C)cc(-c3cccc(-c4ccc(CNC[C@@H]5CCC(=O)N5)c(OC)n4)c3Cl)c2C)ccc1CNC[C@@H]1CCC(=O)N1. The zero-order valence-corrected chi connectivity index (χ0v) is 29.2. The lowest BCUT2D eigenvalue weighted by molar-refractivity contribution is -0.120. The summed E-state index contributed by atoms with van der Waals surface area (Å²) in [6, 6.07) is 18.6. The minimum Gasteiger partial charge on any atom is -0.481 e. The van der Waals surface area contributed by atoms with Gasteiger partial charge in [-0.2, -0.15) is 0 Å². The molecule has 256 valence electrons. The molecule has 4 heterocycles. The summed E-state index contributed by atoms with van der Waals surface area (Å²) in [6.45, 7) is 6.70. The number of amides is 2. The molecule has 4 N–H and O–H groups in total. The lowest BCUT2D eigenvalue weighted by Crippen LogP contribution is -2.35. The van der Waals surface area contributed by atoms with E-state index in [-0.39, 0.29) is 23.9 Å². The third-order valence-electron chi connectivity index (χ3n) is 9.24. The van der Waals surface area contributed by atoms with Crippen LogP contribution in [0.25, 0.3) is 33.6 Å². The van der Waals surface area contributed by atoms with Gasteiger partial charge in [-0.15, -0.1) is 0 Å². The third kappa shape index (κ3) is 7.88. The van der Waals surface area contributed by atoms with E-state index in [9.17, 15) is 9.59 Å². The van der Waals surface area contributed by atoms with Gasteiger partial charge in [-0.1, -0.05) is 48.0 Å². The Bertz CT molecular complexity index is 1860. The number of aromatic nitrogens is 2. The first-order valence-electron chi connectivity index (χ1n) is 16.7. The predicted molar refractivity (Wildman–Crippen MR) is 192 cm³/mol. The summed E-state index contributed by atoms with van der Waals surface area (Å²) in [5.74, 6) is 1.31. The fourth-order valence-corrected chi connectivity index (χ4v) is 6.95. The molecular weight excluding hydrogens is 640 g/mol. The Balaban J connectivity index is 1.23. The van der Waals surface area contributed by atoms with Gasteiger partial charge in [-0.25, -0.2) is 9.97 Å². The number of nitrogens with one attached hydrogen (secondary N) is 4. The molecule has 6 rings (SSSR count). The highest BCUT2D eigenvalue weighted by atomic mass is 35.5.